The smallest absolute Gasteiger partial charge is 0.282 e. The van der Waals surface area contributed by atoms with E-state index in [1.807, 2.05) is 35.2 Å². The Balaban J connectivity index is 2.22. The third-order valence-electron chi connectivity index (χ3n) is 2.85. The third-order valence-corrected chi connectivity index (χ3v) is 3.80. The van der Waals surface area contributed by atoms with Crippen LogP contribution in [0.1, 0.15) is 34.1 Å². The lowest BCUT2D eigenvalue weighted by molar-refractivity contribution is 0.190. The fraction of sp³-hybridized carbons (Fsp3) is 0.562. The summed E-state index contributed by atoms with van der Waals surface area (Å²) in [7, 11) is 0. The Labute approximate surface area is 126 Å². The summed E-state index contributed by atoms with van der Waals surface area (Å²) in [6, 6.07) is 10.3. The molecule has 0 N–H and O–H groups in total. The number of amides is 1. The highest BCUT2D eigenvalue weighted by Crippen LogP contribution is 2.16. The average Bonchev–Trinajstić information content (AvgIpc) is 2.38. The van der Waals surface area contributed by atoms with E-state index in [-0.39, 0.29) is 17.3 Å². The van der Waals surface area contributed by atoms with Crippen LogP contribution in [0.3, 0.4) is 0 Å². The van der Waals surface area contributed by atoms with Gasteiger partial charge in [0.1, 0.15) is 5.75 Å². The minimum atomic E-state index is 0.162. The molecule has 1 rings (SSSR count). The minimum Gasteiger partial charge on any atom is -0.494 e. The molecule has 1 aromatic rings. The number of hydrogen-bond acceptors (Lipinski definition) is 3. The van der Waals surface area contributed by atoms with E-state index in [1.54, 1.807) is 0 Å². The predicted molar refractivity (Wildman–Crippen MR) is 86.5 cm³/mol. The Kier molecular flexibility index (Phi) is 7.52. The summed E-state index contributed by atoms with van der Waals surface area (Å²) in [5, 5.41) is 0.162. The van der Waals surface area contributed by atoms with Gasteiger partial charge in [0.05, 0.1) is 6.61 Å². The van der Waals surface area contributed by atoms with Crippen molar-refractivity contribution in [3.05, 3.63) is 30.3 Å². The molecule has 0 unspecified atom stereocenters. The zero-order valence-corrected chi connectivity index (χ0v) is 13.7. The van der Waals surface area contributed by atoms with Gasteiger partial charge in [-0.15, -0.1) is 0 Å². The Morgan fingerprint density at radius 2 is 1.75 bits per heavy atom. The molecule has 0 heterocycles. The zero-order valence-electron chi connectivity index (χ0n) is 12.8. The highest BCUT2D eigenvalue weighted by Gasteiger charge is 2.19. The molecule has 20 heavy (non-hydrogen) atoms. The van der Waals surface area contributed by atoms with Crippen LogP contribution in [-0.2, 0) is 0 Å². The van der Waals surface area contributed by atoms with Crippen LogP contribution < -0.4 is 4.74 Å². The maximum absolute atomic E-state index is 12.1. The molecular formula is C16H25NO2S. The summed E-state index contributed by atoms with van der Waals surface area (Å²) in [5.74, 6) is 1.68. The van der Waals surface area contributed by atoms with E-state index < -0.39 is 0 Å². The highest BCUT2D eigenvalue weighted by molar-refractivity contribution is 8.13. The summed E-state index contributed by atoms with van der Waals surface area (Å²) >= 11 is 1.38. The molecule has 0 aliphatic rings. The standard InChI is InChI=1S/C16H25NO2S/c1-13(2)17(14(3)4)16(18)20-12-8-11-19-15-9-6-5-7-10-15/h5-7,9-10,13-14H,8,11-12H2,1-4H3. The van der Waals surface area contributed by atoms with E-state index in [9.17, 15) is 4.79 Å². The van der Waals surface area contributed by atoms with Crippen molar-refractivity contribution in [2.24, 2.45) is 0 Å². The molecule has 0 spiro atoms. The molecule has 4 heteroatoms. The lowest BCUT2D eigenvalue weighted by Gasteiger charge is -2.30. The molecule has 0 atom stereocenters. The Bertz CT molecular complexity index is 385. The monoisotopic (exact) mass is 295 g/mol. The van der Waals surface area contributed by atoms with Gasteiger partial charge < -0.3 is 9.64 Å². The quantitative estimate of drug-likeness (QED) is 0.697. The third kappa shape index (κ3) is 5.87. The summed E-state index contributed by atoms with van der Waals surface area (Å²) in [6.45, 7) is 8.86. The molecule has 0 fully saturated rings. The molecule has 0 saturated heterocycles. The Morgan fingerprint density at radius 1 is 1.15 bits per heavy atom. The van der Waals surface area contributed by atoms with Crippen molar-refractivity contribution >= 4 is 17.0 Å². The van der Waals surface area contributed by atoms with Gasteiger partial charge in [0, 0.05) is 17.8 Å². The molecule has 0 aliphatic carbocycles. The second-order valence-corrected chi connectivity index (χ2v) is 6.27. The number of ether oxygens (including phenoxy) is 1. The van der Waals surface area contributed by atoms with Gasteiger partial charge in [-0.3, -0.25) is 4.79 Å². The van der Waals surface area contributed by atoms with Crippen molar-refractivity contribution in [2.45, 2.75) is 46.2 Å². The molecule has 0 aliphatic heterocycles. The average molecular weight is 295 g/mol. The lowest BCUT2D eigenvalue weighted by Crippen LogP contribution is -2.39. The SMILES string of the molecule is CC(C)N(C(=O)SCCCOc1ccccc1)C(C)C. The molecule has 0 aromatic heterocycles. The van der Waals surface area contributed by atoms with Crippen LogP contribution in [0.25, 0.3) is 0 Å². The molecule has 0 bridgehead atoms. The van der Waals surface area contributed by atoms with Crippen molar-refractivity contribution in [3.63, 3.8) is 0 Å². The first kappa shape index (κ1) is 16.9. The summed E-state index contributed by atoms with van der Waals surface area (Å²) < 4.78 is 5.60. The minimum absolute atomic E-state index is 0.162. The maximum atomic E-state index is 12.1. The van der Waals surface area contributed by atoms with Crippen LogP contribution in [0.4, 0.5) is 4.79 Å². The van der Waals surface area contributed by atoms with E-state index in [1.165, 1.54) is 11.8 Å². The van der Waals surface area contributed by atoms with Gasteiger partial charge in [0.2, 0.25) is 0 Å². The summed E-state index contributed by atoms with van der Waals surface area (Å²) in [4.78, 5) is 14.0. The van der Waals surface area contributed by atoms with Crippen molar-refractivity contribution in [2.75, 3.05) is 12.4 Å². The first-order valence-corrected chi connectivity index (χ1v) is 8.14. The van der Waals surface area contributed by atoms with Gasteiger partial charge in [-0.1, -0.05) is 30.0 Å². The van der Waals surface area contributed by atoms with Crippen LogP contribution in [0.5, 0.6) is 5.75 Å². The maximum Gasteiger partial charge on any atom is 0.282 e. The number of para-hydroxylation sites is 1. The van der Waals surface area contributed by atoms with E-state index in [4.69, 9.17) is 4.74 Å². The topological polar surface area (TPSA) is 29.5 Å². The van der Waals surface area contributed by atoms with Gasteiger partial charge in [-0.2, -0.15) is 0 Å². The van der Waals surface area contributed by atoms with Crippen molar-refractivity contribution in [3.8, 4) is 5.75 Å². The van der Waals surface area contributed by atoms with E-state index in [0.717, 1.165) is 17.9 Å². The second-order valence-electron chi connectivity index (χ2n) is 5.22. The van der Waals surface area contributed by atoms with Crippen LogP contribution >= 0.6 is 11.8 Å². The molecule has 0 radical (unpaired) electrons. The number of nitrogens with zero attached hydrogens (tertiary/aromatic N) is 1. The van der Waals surface area contributed by atoms with Gasteiger partial charge in [0.25, 0.3) is 5.24 Å². The number of benzene rings is 1. The molecule has 1 aromatic carbocycles. The van der Waals surface area contributed by atoms with Crippen LogP contribution in [0.15, 0.2) is 30.3 Å². The van der Waals surface area contributed by atoms with Crippen molar-refractivity contribution in [1.82, 2.24) is 4.90 Å². The Hall–Kier alpha value is -1.16. The first-order valence-electron chi connectivity index (χ1n) is 7.15. The molecule has 112 valence electrons. The van der Waals surface area contributed by atoms with Crippen molar-refractivity contribution < 1.29 is 9.53 Å². The summed E-state index contributed by atoms with van der Waals surface area (Å²) in [6.07, 6.45) is 0.870. The second kappa shape index (κ2) is 8.90. The first-order chi connectivity index (χ1) is 9.52. The fourth-order valence-electron chi connectivity index (χ4n) is 2.02. The van der Waals surface area contributed by atoms with Gasteiger partial charge >= 0.3 is 0 Å². The van der Waals surface area contributed by atoms with Crippen LogP contribution in [0.2, 0.25) is 0 Å². The molecular weight excluding hydrogens is 270 g/mol. The van der Waals surface area contributed by atoms with E-state index in [2.05, 4.69) is 27.7 Å². The summed E-state index contributed by atoms with van der Waals surface area (Å²) in [5.41, 5.74) is 0. The number of carbonyl (C=O) groups is 1. The van der Waals surface area contributed by atoms with Crippen LogP contribution in [-0.4, -0.2) is 34.6 Å². The number of thioether (sulfide) groups is 1. The number of rotatable bonds is 7. The van der Waals surface area contributed by atoms with Gasteiger partial charge in [-0.05, 0) is 46.2 Å². The fourth-order valence-corrected chi connectivity index (χ4v) is 3.03. The lowest BCUT2D eigenvalue weighted by atomic mass is 10.2. The highest BCUT2D eigenvalue weighted by atomic mass is 32.2. The van der Waals surface area contributed by atoms with Gasteiger partial charge in [-0.25, -0.2) is 0 Å². The molecule has 1 amide bonds. The molecule has 0 saturated carbocycles. The van der Waals surface area contributed by atoms with E-state index >= 15 is 0 Å². The molecule has 3 nitrogen and oxygen atoms in total. The normalized spacial score (nSPS) is 10.9. The van der Waals surface area contributed by atoms with E-state index in [0.29, 0.717) is 6.61 Å². The van der Waals surface area contributed by atoms with Gasteiger partial charge in [0.15, 0.2) is 0 Å². The van der Waals surface area contributed by atoms with Crippen LogP contribution in [0, 0.1) is 0 Å². The predicted octanol–water partition coefficient (Wildman–Crippen LogP) is 4.43. The number of carbonyl (C=O) groups excluding carboxylic acids is 1. The van der Waals surface area contributed by atoms with Crippen molar-refractivity contribution in [1.29, 1.82) is 0 Å². The zero-order chi connectivity index (χ0) is 15.0. The largest absolute Gasteiger partial charge is 0.494 e. The number of hydrogen-bond donors (Lipinski definition) is 0. The Morgan fingerprint density at radius 3 is 2.30 bits per heavy atom.